The van der Waals surface area contributed by atoms with E-state index in [1.807, 2.05) is 0 Å². The molecule has 3 nitrogen and oxygen atoms in total. The van der Waals surface area contributed by atoms with Crippen molar-refractivity contribution in [2.75, 3.05) is 11.9 Å². The number of halogens is 5. The number of nitrogens with one attached hydrogen (secondary N) is 1. The third kappa shape index (κ3) is 3.37. The maximum absolute atomic E-state index is 13.3. The topological polar surface area (TPSA) is 38.3 Å². The highest BCUT2D eigenvalue weighted by Crippen LogP contribution is 2.27. The van der Waals surface area contributed by atoms with Crippen LogP contribution in [0.4, 0.5) is 27.6 Å². The zero-order chi connectivity index (χ0) is 15.4. The molecular weight excluding hydrogens is 285 g/mol. The fourth-order valence-electron chi connectivity index (χ4n) is 1.50. The molecule has 1 unspecified atom stereocenters. The van der Waals surface area contributed by atoms with Gasteiger partial charge < -0.3 is 10.1 Å². The lowest BCUT2D eigenvalue weighted by molar-refractivity contribution is -0.143. The minimum atomic E-state index is -2.23. The van der Waals surface area contributed by atoms with Crippen molar-refractivity contribution in [2.45, 2.75) is 26.3 Å². The van der Waals surface area contributed by atoms with Crippen molar-refractivity contribution in [1.29, 1.82) is 0 Å². The number of carbonyl (C=O) groups is 1. The Bertz CT molecular complexity index is 492. The lowest BCUT2D eigenvalue weighted by atomic mass is 10.2. The summed E-state index contributed by atoms with van der Waals surface area (Å²) in [6, 6.07) is -0.873. The van der Waals surface area contributed by atoms with Crippen molar-refractivity contribution in [3.05, 3.63) is 29.1 Å². The summed E-state index contributed by atoms with van der Waals surface area (Å²) in [7, 11) is 0. The van der Waals surface area contributed by atoms with Crippen LogP contribution in [-0.4, -0.2) is 18.6 Å². The first-order valence-electron chi connectivity index (χ1n) is 5.73. The highest BCUT2D eigenvalue weighted by atomic mass is 19.2. The quantitative estimate of drug-likeness (QED) is 0.393. The zero-order valence-electron chi connectivity index (χ0n) is 10.7. The number of esters is 1. The lowest BCUT2D eigenvalue weighted by Gasteiger charge is -2.16. The monoisotopic (exact) mass is 297 g/mol. The SMILES string of the molecule is CCOC(=O)CC(C)Nc1c(F)c(F)c(F)c(F)c1F. The summed E-state index contributed by atoms with van der Waals surface area (Å²) in [4.78, 5) is 11.1. The Kier molecular flexibility index (Phi) is 5.29. The number of carbonyl (C=O) groups excluding carboxylic acids is 1. The fraction of sp³-hybridized carbons (Fsp3) is 0.417. The third-order valence-corrected chi connectivity index (χ3v) is 2.38. The van der Waals surface area contributed by atoms with Crippen molar-refractivity contribution in [3.63, 3.8) is 0 Å². The fourth-order valence-corrected chi connectivity index (χ4v) is 1.50. The van der Waals surface area contributed by atoms with Gasteiger partial charge in [0.25, 0.3) is 0 Å². The highest BCUT2D eigenvalue weighted by Gasteiger charge is 2.26. The maximum Gasteiger partial charge on any atom is 0.307 e. The van der Waals surface area contributed by atoms with E-state index in [2.05, 4.69) is 10.1 Å². The average molecular weight is 297 g/mol. The predicted molar refractivity (Wildman–Crippen MR) is 60.6 cm³/mol. The minimum Gasteiger partial charge on any atom is -0.466 e. The van der Waals surface area contributed by atoms with Gasteiger partial charge in [-0.3, -0.25) is 4.79 Å². The molecule has 8 heteroatoms. The first-order chi connectivity index (χ1) is 9.29. The number of hydrogen-bond donors (Lipinski definition) is 1. The van der Waals surface area contributed by atoms with Crippen LogP contribution in [0.15, 0.2) is 0 Å². The normalized spacial score (nSPS) is 12.2. The Morgan fingerprint density at radius 2 is 1.50 bits per heavy atom. The van der Waals surface area contributed by atoms with Crippen LogP contribution in [0.3, 0.4) is 0 Å². The first kappa shape index (κ1) is 16.2. The molecule has 1 rings (SSSR count). The molecule has 0 heterocycles. The lowest BCUT2D eigenvalue weighted by Crippen LogP contribution is -2.23. The van der Waals surface area contributed by atoms with E-state index >= 15 is 0 Å². The summed E-state index contributed by atoms with van der Waals surface area (Å²) in [5.41, 5.74) is -1.17. The smallest absolute Gasteiger partial charge is 0.307 e. The molecule has 1 N–H and O–H groups in total. The van der Waals surface area contributed by atoms with Crippen LogP contribution in [0.1, 0.15) is 20.3 Å². The van der Waals surface area contributed by atoms with Crippen molar-refractivity contribution < 1.29 is 31.5 Å². The van der Waals surface area contributed by atoms with E-state index in [4.69, 9.17) is 0 Å². The minimum absolute atomic E-state index is 0.119. The van der Waals surface area contributed by atoms with Crippen LogP contribution in [-0.2, 0) is 9.53 Å². The molecule has 112 valence electrons. The summed E-state index contributed by atoms with van der Waals surface area (Å²) in [5, 5.41) is 2.08. The molecule has 0 saturated carbocycles. The molecule has 0 aliphatic carbocycles. The second-order valence-electron chi connectivity index (χ2n) is 4.00. The van der Waals surface area contributed by atoms with Crippen LogP contribution in [0.2, 0.25) is 0 Å². The molecular formula is C12H12F5NO2. The average Bonchev–Trinajstić information content (AvgIpc) is 2.39. The molecule has 0 radical (unpaired) electrons. The number of ether oxygens (including phenoxy) is 1. The van der Waals surface area contributed by atoms with Gasteiger partial charge >= 0.3 is 5.97 Å². The Morgan fingerprint density at radius 3 is 1.95 bits per heavy atom. The summed E-state index contributed by atoms with van der Waals surface area (Å²) in [5.74, 6) is -10.9. The van der Waals surface area contributed by atoms with Crippen LogP contribution in [0, 0.1) is 29.1 Å². The highest BCUT2D eigenvalue weighted by molar-refractivity contribution is 5.70. The van der Waals surface area contributed by atoms with Gasteiger partial charge in [-0.15, -0.1) is 0 Å². The van der Waals surface area contributed by atoms with E-state index < -0.39 is 46.8 Å². The van der Waals surface area contributed by atoms with E-state index in [1.165, 1.54) is 6.92 Å². The van der Waals surface area contributed by atoms with Crippen LogP contribution in [0.5, 0.6) is 0 Å². The second-order valence-corrected chi connectivity index (χ2v) is 4.00. The number of benzene rings is 1. The molecule has 0 aliphatic heterocycles. The van der Waals surface area contributed by atoms with E-state index in [-0.39, 0.29) is 13.0 Å². The molecule has 1 atom stereocenters. The van der Waals surface area contributed by atoms with E-state index in [9.17, 15) is 26.7 Å². The molecule has 0 spiro atoms. The molecule has 0 amide bonds. The summed E-state index contributed by atoms with van der Waals surface area (Å²) in [6.07, 6.45) is -0.284. The molecule has 20 heavy (non-hydrogen) atoms. The molecule has 0 aliphatic rings. The Balaban J connectivity index is 2.96. The van der Waals surface area contributed by atoms with E-state index in [0.717, 1.165) is 0 Å². The van der Waals surface area contributed by atoms with Gasteiger partial charge in [-0.25, -0.2) is 22.0 Å². The molecule has 0 saturated heterocycles. The zero-order valence-corrected chi connectivity index (χ0v) is 10.7. The standard InChI is InChI=1S/C12H12F5NO2/c1-3-20-6(19)4-5(2)18-12-10(16)8(14)7(13)9(15)11(12)17/h5,18H,3-4H2,1-2H3. The number of rotatable bonds is 5. The van der Waals surface area contributed by atoms with Crippen LogP contribution < -0.4 is 5.32 Å². The number of hydrogen-bond acceptors (Lipinski definition) is 3. The van der Waals surface area contributed by atoms with Gasteiger partial charge in [-0.2, -0.15) is 0 Å². The maximum atomic E-state index is 13.3. The van der Waals surface area contributed by atoms with Gasteiger partial charge in [0.05, 0.1) is 13.0 Å². The van der Waals surface area contributed by atoms with Crippen LogP contribution in [0.25, 0.3) is 0 Å². The predicted octanol–water partition coefficient (Wildman–Crippen LogP) is 3.14. The Labute approximate surface area is 111 Å². The van der Waals surface area contributed by atoms with E-state index in [0.29, 0.717) is 0 Å². The number of anilines is 1. The summed E-state index contributed by atoms with van der Waals surface area (Å²) in [6.45, 7) is 3.03. The van der Waals surface area contributed by atoms with Crippen molar-refractivity contribution >= 4 is 11.7 Å². The van der Waals surface area contributed by atoms with Crippen molar-refractivity contribution in [3.8, 4) is 0 Å². The molecule has 0 aromatic heterocycles. The van der Waals surface area contributed by atoms with Gasteiger partial charge in [-0.1, -0.05) is 0 Å². The van der Waals surface area contributed by atoms with Crippen molar-refractivity contribution in [2.24, 2.45) is 0 Å². The van der Waals surface area contributed by atoms with Crippen LogP contribution >= 0.6 is 0 Å². The molecule has 0 fully saturated rings. The first-order valence-corrected chi connectivity index (χ1v) is 5.73. The summed E-state index contributed by atoms with van der Waals surface area (Å²) >= 11 is 0. The van der Waals surface area contributed by atoms with Gasteiger partial charge in [-0.05, 0) is 13.8 Å². The van der Waals surface area contributed by atoms with Gasteiger partial charge in [0.1, 0.15) is 5.69 Å². The second kappa shape index (κ2) is 6.53. The largest absolute Gasteiger partial charge is 0.466 e. The Hall–Kier alpha value is -1.86. The Morgan fingerprint density at radius 1 is 1.05 bits per heavy atom. The van der Waals surface area contributed by atoms with E-state index in [1.54, 1.807) is 6.92 Å². The van der Waals surface area contributed by atoms with Crippen molar-refractivity contribution in [1.82, 2.24) is 0 Å². The molecule has 0 bridgehead atoms. The van der Waals surface area contributed by atoms with Gasteiger partial charge in [0, 0.05) is 6.04 Å². The summed E-state index contributed by atoms with van der Waals surface area (Å²) < 4.78 is 70.0. The van der Waals surface area contributed by atoms with Gasteiger partial charge in [0.15, 0.2) is 23.3 Å². The van der Waals surface area contributed by atoms with Gasteiger partial charge in [0.2, 0.25) is 5.82 Å². The third-order valence-electron chi connectivity index (χ3n) is 2.38. The molecule has 1 aromatic carbocycles. The molecule has 1 aromatic rings.